The molecule has 30 heavy (non-hydrogen) atoms. The largest absolute Gasteiger partial charge is 0.361 e. The Morgan fingerprint density at radius 3 is 2.30 bits per heavy atom. The summed E-state index contributed by atoms with van der Waals surface area (Å²) in [5.41, 5.74) is 1.37. The normalized spacial score (nSPS) is 11.7. The summed E-state index contributed by atoms with van der Waals surface area (Å²) in [6, 6.07) is 4.81. The molecule has 0 aliphatic carbocycles. The van der Waals surface area contributed by atoms with E-state index in [9.17, 15) is 0 Å². The Bertz CT molecular complexity index is 1160. The number of hydrogen-bond acceptors (Lipinski definition) is 5. The molecule has 4 aromatic heterocycles. The third-order valence-electron chi connectivity index (χ3n) is 4.11. The van der Waals surface area contributed by atoms with Crippen molar-refractivity contribution in [1.29, 1.82) is 0 Å². The molecule has 0 bridgehead atoms. The summed E-state index contributed by atoms with van der Waals surface area (Å²) >= 11 is 23.1. The van der Waals surface area contributed by atoms with Crippen LogP contribution < -0.4 is 0 Å². The van der Waals surface area contributed by atoms with E-state index in [1.54, 1.807) is 12.3 Å². The van der Waals surface area contributed by atoms with Gasteiger partial charge in [-0.15, -0.1) is 0 Å². The maximum Gasteiger partial charge on any atom is 0.225 e. The van der Waals surface area contributed by atoms with Gasteiger partial charge in [0.1, 0.15) is 28.3 Å². The number of hydrogen-bond donors (Lipinski definition) is 1. The van der Waals surface area contributed by atoms with Crippen LogP contribution in [-0.4, -0.2) is 44.2 Å². The fraction of sp³-hybridized carbons (Fsp3) is 0.333. The second kappa shape index (κ2) is 9.80. The number of ether oxygens (including phenoxy) is 1. The molecule has 0 fully saturated rings. The van der Waals surface area contributed by atoms with Crippen LogP contribution in [0.4, 0.5) is 0 Å². The zero-order valence-electron chi connectivity index (χ0n) is 16.6. The summed E-state index contributed by atoms with van der Waals surface area (Å²) in [4.78, 5) is 18.7. The van der Waals surface area contributed by atoms with Crippen LogP contribution in [0, 0.1) is 0 Å². The molecule has 0 aliphatic rings. The van der Waals surface area contributed by atoms with Crippen molar-refractivity contribution in [3.8, 4) is 0 Å². The summed E-state index contributed by atoms with van der Waals surface area (Å²) < 4.78 is 7.58. The third-order valence-corrected chi connectivity index (χ3v) is 6.73. The Morgan fingerprint density at radius 1 is 0.933 bits per heavy atom. The van der Waals surface area contributed by atoms with Gasteiger partial charge in [-0.1, -0.05) is 42.8 Å². The van der Waals surface area contributed by atoms with Gasteiger partial charge in [-0.2, -0.15) is 9.97 Å². The summed E-state index contributed by atoms with van der Waals surface area (Å²) in [6.45, 7) is 8.20. The molecule has 4 rings (SSSR count). The highest BCUT2D eigenvalue weighted by atomic mass is 35.5. The van der Waals surface area contributed by atoms with E-state index in [4.69, 9.17) is 51.1 Å². The minimum absolute atomic E-state index is 0.152. The van der Waals surface area contributed by atoms with Crippen molar-refractivity contribution in [1.82, 2.24) is 29.5 Å². The van der Waals surface area contributed by atoms with Gasteiger partial charge in [-0.05, 0) is 41.4 Å². The van der Waals surface area contributed by atoms with E-state index in [0.29, 0.717) is 28.3 Å². The highest BCUT2D eigenvalue weighted by Crippen LogP contribution is 2.23. The SMILES string of the molecule is C[Si](C)(C)CCOCn1ccc2c(Cl)nc(Cl)nc21.Clc1nc(Cl)c2cc[nH]c2n1. The van der Waals surface area contributed by atoms with E-state index in [0.717, 1.165) is 23.4 Å². The van der Waals surface area contributed by atoms with Crippen molar-refractivity contribution in [3.05, 3.63) is 45.4 Å². The number of aromatic nitrogens is 6. The highest BCUT2D eigenvalue weighted by Gasteiger charge is 2.13. The molecule has 0 atom stereocenters. The van der Waals surface area contributed by atoms with Crippen molar-refractivity contribution in [2.75, 3.05) is 6.61 Å². The van der Waals surface area contributed by atoms with Crippen LogP contribution in [-0.2, 0) is 11.5 Å². The van der Waals surface area contributed by atoms with Gasteiger partial charge in [0.25, 0.3) is 0 Å². The standard InChI is InChI=1S/C12H17Cl2N3OSi.C6H3Cl2N3/c1-19(2,3)7-6-18-8-17-5-4-9-10(13)15-12(14)16-11(9)17;7-4-3-1-2-9-5(3)11-6(8)10-4/h4-5H,6-8H2,1-3H3;1-2H,(H,9,10,11). The topological polar surface area (TPSA) is 81.5 Å². The van der Waals surface area contributed by atoms with E-state index in [1.807, 2.05) is 16.8 Å². The smallest absolute Gasteiger partial charge is 0.225 e. The van der Waals surface area contributed by atoms with Crippen molar-refractivity contribution in [2.24, 2.45) is 0 Å². The van der Waals surface area contributed by atoms with Crippen LogP contribution in [0.3, 0.4) is 0 Å². The molecule has 0 radical (unpaired) electrons. The van der Waals surface area contributed by atoms with Crippen LogP contribution in [0.2, 0.25) is 46.6 Å². The Kier molecular flexibility index (Phi) is 7.60. The summed E-state index contributed by atoms with van der Waals surface area (Å²) in [6.07, 6.45) is 3.62. The van der Waals surface area contributed by atoms with Crippen LogP contribution in [0.25, 0.3) is 22.1 Å². The Balaban J connectivity index is 0.000000196. The van der Waals surface area contributed by atoms with Gasteiger partial charge in [0.15, 0.2) is 0 Å². The van der Waals surface area contributed by atoms with Gasteiger partial charge in [0, 0.05) is 27.1 Å². The predicted octanol–water partition coefficient (Wildman–Crippen LogP) is 6.32. The molecule has 0 saturated carbocycles. The molecule has 0 aliphatic heterocycles. The summed E-state index contributed by atoms with van der Waals surface area (Å²) in [7, 11) is -1.05. The number of nitrogens with zero attached hydrogens (tertiary/aromatic N) is 5. The average Bonchev–Trinajstić information content (AvgIpc) is 3.25. The molecule has 0 unspecified atom stereocenters. The van der Waals surface area contributed by atoms with Crippen LogP contribution in [0.1, 0.15) is 0 Å². The lowest BCUT2D eigenvalue weighted by Gasteiger charge is -2.15. The zero-order chi connectivity index (χ0) is 21.9. The van der Waals surface area contributed by atoms with Crippen LogP contribution in [0.5, 0.6) is 0 Å². The Morgan fingerprint density at radius 2 is 1.60 bits per heavy atom. The predicted molar refractivity (Wildman–Crippen MR) is 126 cm³/mol. The van der Waals surface area contributed by atoms with Crippen molar-refractivity contribution >= 4 is 76.5 Å². The van der Waals surface area contributed by atoms with Crippen molar-refractivity contribution < 1.29 is 4.74 Å². The first kappa shape index (κ1) is 23.2. The van der Waals surface area contributed by atoms with Gasteiger partial charge < -0.3 is 14.3 Å². The van der Waals surface area contributed by atoms with Crippen LogP contribution >= 0.6 is 46.4 Å². The van der Waals surface area contributed by atoms with Crippen molar-refractivity contribution in [2.45, 2.75) is 32.4 Å². The number of rotatable bonds is 5. The van der Waals surface area contributed by atoms with E-state index in [2.05, 4.69) is 44.6 Å². The maximum absolute atomic E-state index is 6.01. The Labute approximate surface area is 194 Å². The van der Waals surface area contributed by atoms with Gasteiger partial charge in [0.2, 0.25) is 10.6 Å². The molecular weight excluding hydrogens is 486 g/mol. The molecule has 0 spiro atoms. The van der Waals surface area contributed by atoms with E-state index >= 15 is 0 Å². The summed E-state index contributed by atoms with van der Waals surface area (Å²) in [5, 5.41) is 2.64. The Hall–Kier alpha value is -1.42. The second-order valence-electron chi connectivity index (χ2n) is 7.68. The van der Waals surface area contributed by atoms with E-state index in [1.165, 1.54) is 0 Å². The quantitative estimate of drug-likeness (QED) is 0.148. The lowest BCUT2D eigenvalue weighted by atomic mass is 10.4. The number of fused-ring (bicyclic) bond motifs is 2. The molecule has 7 nitrogen and oxygen atoms in total. The number of nitrogens with one attached hydrogen (secondary N) is 1. The molecule has 12 heteroatoms. The molecule has 4 heterocycles. The molecule has 0 amide bonds. The number of H-pyrrole nitrogens is 1. The van der Waals surface area contributed by atoms with Gasteiger partial charge in [-0.3, -0.25) is 0 Å². The van der Waals surface area contributed by atoms with Crippen molar-refractivity contribution in [3.63, 3.8) is 0 Å². The van der Waals surface area contributed by atoms with Gasteiger partial charge in [0.05, 0.1) is 10.8 Å². The fourth-order valence-electron chi connectivity index (χ4n) is 2.53. The third kappa shape index (κ3) is 6.06. The van der Waals surface area contributed by atoms with Gasteiger partial charge >= 0.3 is 0 Å². The summed E-state index contributed by atoms with van der Waals surface area (Å²) in [5.74, 6) is 0. The first-order valence-electron chi connectivity index (χ1n) is 9.06. The number of aromatic amines is 1. The first-order valence-corrected chi connectivity index (χ1v) is 14.3. The van der Waals surface area contributed by atoms with Gasteiger partial charge in [-0.25, -0.2) is 9.97 Å². The highest BCUT2D eigenvalue weighted by molar-refractivity contribution is 6.76. The minimum atomic E-state index is -1.05. The number of halogens is 4. The molecule has 1 N–H and O–H groups in total. The minimum Gasteiger partial charge on any atom is -0.361 e. The molecule has 0 saturated heterocycles. The zero-order valence-corrected chi connectivity index (χ0v) is 20.6. The molecule has 0 aromatic carbocycles. The lowest BCUT2D eigenvalue weighted by molar-refractivity contribution is 0.0899. The van der Waals surface area contributed by atoms with E-state index in [-0.39, 0.29) is 10.6 Å². The lowest BCUT2D eigenvalue weighted by Crippen LogP contribution is -2.22. The molecule has 4 aromatic rings. The fourth-order valence-corrected chi connectivity index (χ4v) is 4.16. The molecular formula is C18H20Cl4N6OSi. The molecule has 160 valence electrons. The first-order chi connectivity index (χ1) is 14.1. The van der Waals surface area contributed by atoms with E-state index < -0.39 is 8.07 Å². The van der Waals surface area contributed by atoms with Crippen LogP contribution in [0.15, 0.2) is 24.5 Å². The second-order valence-corrected chi connectivity index (χ2v) is 14.7. The monoisotopic (exact) mass is 504 g/mol. The maximum atomic E-state index is 6.01. The average molecular weight is 506 g/mol.